The number of rotatable bonds is 7. The first-order chi connectivity index (χ1) is 14.5. The molecular formula is C24H22FNO4. The molecule has 6 heteroatoms. The summed E-state index contributed by atoms with van der Waals surface area (Å²) >= 11 is 0. The summed E-state index contributed by atoms with van der Waals surface area (Å²) in [6.07, 6.45) is 3.23. The van der Waals surface area contributed by atoms with E-state index in [0.29, 0.717) is 23.0 Å². The minimum atomic E-state index is -0.949. The number of carboxylic acid groups (broad SMARTS) is 1. The van der Waals surface area contributed by atoms with Crippen molar-refractivity contribution in [1.29, 1.82) is 0 Å². The van der Waals surface area contributed by atoms with Crippen LogP contribution in [-0.2, 0) is 9.53 Å². The van der Waals surface area contributed by atoms with E-state index in [1.54, 1.807) is 18.3 Å². The third-order valence-corrected chi connectivity index (χ3v) is 5.29. The molecular weight excluding hydrogens is 385 g/mol. The molecule has 1 fully saturated rings. The SMILES string of the molecule is Cc1ccc(Oc2ccc(F)c(-c3ccc([C@H]4C[C@@H](OCC(=O)O)C4)cc3)c2)cn1. The molecule has 1 aliphatic carbocycles. The average molecular weight is 407 g/mol. The molecule has 0 aliphatic heterocycles. The normalized spacial score (nSPS) is 17.9. The van der Waals surface area contributed by atoms with Crippen LogP contribution < -0.4 is 4.74 Å². The molecule has 2 aromatic carbocycles. The average Bonchev–Trinajstić information content (AvgIpc) is 2.70. The van der Waals surface area contributed by atoms with Gasteiger partial charge < -0.3 is 14.6 Å². The summed E-state index contributed by atoms with van der Waals surface area (Å²) < 4.78 is 25.6. The van der Waals surface area contributed by atoms with Gasteiger partial charge in [0.2, 0.25) is 0 Å². The van der Waals surface area contributed by atoms with Crippen LogP contribution >= 0.6 is 0 Å². The largest absolute Gasteiger partial charge is 0.480 e. The Hall–Kier alpha value is -3.25. The summed E-state index contributed by atoms with van der Waals surface area (Å²) in [5, 5.41) is 8.67. The molecule has 4 rings (SSSR count). The van der Waals surface area contributed by atoms with Crippen LogP contribution in [-0.4, -0.2) is 28.8 Å². The van der Waals surface area contributed by atoms with Gasteiger partial charge in [0.1, 0.15) is 23.9 Å². The van der Waals surface area contributed by atoms with E-state index < -0.39 is 5.97 Å². The molecule has 0 radical (unpaired) electrons. The fraction of sp³-hybridized carbons (Fsp3) is 0.250. The van der Waals surface area contributed by atoms with Crippen molar-refractivity contribution in [3.63, 3.8) is 0 Å². The number of hydrogen-bond donors (Lipinski definition) is 1. The third kappa shape index (κ3) is 4.66. The molecule has 1 saturated carbocycles. The Morgan fingerprint density at radius 2 is 1.83 bits per heavy atom. The number of halogens is 1. The van der Waals surface area contributed by atoms with Crippen molar-refractivity contribution in [1.82, 2.24) is 4.98 Å². The van der Waals surface area contributed by atoms with Crippen LogP contribution in [0.2, 0.25) is 0 Å². The van der Waals surface area contributed by atoms with E-state index >= 15 is 0 Å². The van der Waals surface area contributed by atoms with Gasteiger partial charge in [-0.15, -0.1) is 0 Å². The Morgan fingerprint density at radius 3 is 2.50 bits per heavy atom. The zero-order valence-electron chi connectivity index (χ0n) is 16.5. The van der Waals surface area contributed by atoms with Gasteiger partial charge in [0.15, 0.2) is 0 Å². The lowest BCUT2D eigenvalue weighted by Crippen LogP contribution is -2.31. The molecule has 0 spiro atoms. The molecule has 1 N–H and O–H groups in total. The van der Waals surface area contributed by atoms with Crippen molar-refractivity contribution in [3.8, 4) is 22.6 Å². The highest BCUT2D eigenvalue weighted by Crippen LogP contribution is 2.39. The minimum Gasteiger partial charge on any atom is -0.480 e. The summed E-state index contributed by atoms with van der Waals surface area (Å²) in [6.45, 7) is 1.64. The predicted octanol–water partition coefficient (Wildman–Crippen LogP) is 5.34. The fourth-order valence-electron chi connectivity index (χ4n) is 3.54. The quantitative estimate of drug-likeness (QED) is 0.573. The van der Waals surface area contributed by atoms with Crippen molar-refractivity contribution >= 4 is 5.97 Å². The van der Waals surface area contributed by atoms with E-state index in [-0.39, 0.29) is 18.5 Å². The van der Waals surface area contributed by atoms with E-state index in [0.717, 1.165) is 29.7 Å². The zero-order valence-corrected chi connectivity index (χ0v) is 16.5. The van der Waals surface area contributed by atoms with Crippen molar-refractivity contribution in [2.45, 2.75) is 31.8 Å². The summed E-state index contributed by atoms with van der Waals surface area (Å²) in [6, 6.07) is 16.1. The highest BCUT2D eigenvalue weighted by atomic mass is 19.1. The number of pyridine rings is 1. The maximum Gasteiger partial charge on any atom is 0.329 e. The Kier molecular flexibility index (Phi) is 5.77. The molecule has 0 amide bonds. The van der Waals surface area contributed by atoms with Gasteiger partial charge in [-0.1, -0.05) is 24.3 Å². The summed E-state index contributed by atoms with van der Waals surface area (Å²) in [7, 11) is 0. The topological polar surface area (TPSA) is 68.7 Å². The molecule has 0 bridgehead atoms. The van der Waals surface area contributed by atoms with Gasteiger partial charge in [0, 0.05) is 11.3 Å². The van der Waals surface area contributed by atoms with Crippen molar-refractivity contribution in [2.75, 3.05) is 6.61 Å². The molecule has 0 saturated heterocycles. The number of carboxylic acids is 1. The number of ether oxygens (including phenoxy) is 2. The fourth-order valence-corrected chi connectivity index (χ4v) is 3.54. The highest BCUT2D eigenvalue weighted by molar-refractivity contribution is 5.68. The second kappa shape index (κ2) is 8.63. The lowest BCUT2D eigenvalue weighted by molar-refractivity contribution is -0.146. The zero-order chi connectivity index (χ0) is 21.1. The van der Waals surface area contributed by atoms with Crippen molar-refractivity contribution < 1.29 is 23.8 Å². The van der Waals surface area contributed by atoms with Gasteiger partial charge in [-0.25, -0.2) is 9.18 Å². The van der Waals surface area contributed by atoms with Crippen molar-refractivity contribution in [2.24, 2.45) is 0 Å². The Labute approximate surface area is 174 Å². The predicted molar refractivity (Wildman–Crippen MR) is 110 cm³/mol. The molecule has 154 valence electrons. The van der Waals surface area contributed by atoms with Crippen LogP contribution in [0.1, 0.15) is 30.0 Å². The van der Waals surface area contributed by atoms with E-state index in [1.165, 1.54) is 6.07 Å². The van der Waals surface area contributed by atoms with Gasteiger partial charge >= 0.3 is 5.97 Å². The number of aromatic nitrogens is 1. The summed E-state index contributed by atoms with van der Waals surface area (Å²) in [4.78, 5) is 14.8. The molecule has 5 nitrogen and oxygen atoms in total. The number of carbonyl (C=O) groups is 1. The molecule has 1 aliphatic rings. The second-order valence-electron chi connectivity index (χ2n) is 7.50. The van der Waals surface area contributed by atoms with E-state index in [4.69, 9.17) is 14.6 Å². The number of benzene rings is 2. The lowest BCUT2D eigenvalue weighted by atomic mass is 9.77. The van der Waals surface area contributed by atoms with Crippen LogP contribution in [0.15, 0.2) is 60.8 Å². The van der Waals surface area contributed by atoms with E-state index in [2.05, 4.69) is 4.98 Å². The van der Waals surface area contributed by atoms with Gasteiger partial charge in [-0.05, 0) is 67.1 Å². The van der Waals surface area contributed by atoms with Crippen LogP contribution in [0, 0.1) is 12.7 Å². The van der Waals surface area contributed by atoms with Crippen LogP contribution in [0.5, 0.6) is 11.5 Å². The molecule has 0 atom stereocenters. The van der Waals surface area contributed by atoms with Crippen molar-refractivity contribution in [3.05, 3.63) is 77.9 Å². The lowest BCUT2D eigenvalue weighted by Gasteiger charge is -2.35. The molecule has 0 unspecified atom stereocenters. The van der Waals surface area contributed by atoms with E-state index in [1.807, 2.05) is 43.3 Å². The summed E-state index contributed by atoms with van der Waals surface area (Å²) in [5.74, 6) is 0.209. The highest BCUT2D eigenvalue weighted by Gasteiger charge is 2.31. The van der Waals surface area contributed by atoms with Gasteiger partial charge in [0.25, 0.3) is 0 Å². The second-order valence-corrected chi connectivity index (χ2v) is 7.50. The maximum absolute atomic E-state index is 14.5. The number of aryl methyl sites for hydroxylation is 1. The minimum absolute atomic E-state index is 0.00619. The number of hydrogen-bond acceptors (Lipinski definition) is 4. The molecule has 3 aromatic rings. The standard InChI is InChI=1S/C24H22FNO4/c1-15-2-7-20(13-26-15)30-19-8-9-23(25)22(12-19)17-5-3-16(4-6-17)18-10-21(11-18)29-14-24(27)28/h2-9,12-13,18,21H,10-11,14H2,1H3,(H,27,28)/t18-,21+. The third-order valence-electron chi connectivity index (χ3n) is 5.29. The smallest absolute Gasteiger partial charge is 0.329 e. The molecule has 1 heterocycles. The van der Waals surface area contributed by atoms with Gasteiger partial charge in [-0.3, -0.25) is 4.98 Å². The van der Waals surface area contributed by atoms with Crippen LogP contribution in [0.3, 0.4) is 0 Å². The van der Waals surface area contributed by atoms with Crippen LogP contribution in [0.4, 0.5) is 4.39 Å². The first-order valence-electron chi connectivity index (χ1n) is 9.82. The maximum atomic E-state index is 14.5. The number of aliphatic carboxylic acids is 1. The first kappa shape index (κ1) is 20.0. The van der Waals surface area contributed by atoms with Gasteiger partial charge in [0.05, 0.1) is 12.3 Å². The Balaban J connectivity index is 1.44. The summed E-state index contributed by atoms with van der Waals surface area (Å²) in [5.41, 5.74) is 3.28. The monoisotopic (exact) mass is 407 g/mol. The molecule has 1 aromatic heterocycles. The number of nitrogens with zero attached hydrogens (tertiary/aromatic N) is 1. The van der Waals surface area contributed by atoms with E-state index in [9.17, 15) is 9.18 Å². The van der Waals surface area contributed by atoms with Crippen LogP contribution in [0.25, 0.3) is 11.1 Å². The van der Waals surface area contributed by atoms with Gasteiger partial charge in [-0.2, -0.15) is 0 Å². The molecule has 30 heavy (non-hydrogen) atoms. The Morgan fingerprint density at radius 1 is 1.10 bits per heavy atom. The first-order valence-corrected chi connectivity index (χ1v) is 9.82. The Bertz CT molecular complexity index is 1030.